The van der Waals surface area contributed by atoms with Gasteiger partial charge in [-0.05, 0) is 50.8 Å². The van der Waals surface area contributed by atoms with Gasteiger partial charge in [0.25, 0.3) is 0 Å². The third-order valence-electron chi connectivity index (χ3n) is 6.63. The molecule has 0 spiro atoms. The van der Waals surface area contributed by atoms with Crippen LogP contribution >= 0.6 is 0 Å². The normalized spacial score (nSPS) is 23.9. The number of aryl methyl sites for hydroxylation is 2. The number of amides is 1. The van der Waals surface area contributed by atoms with E-state index >= 15 is 0 Å². The molecule has 1 aromatic rings. The molecule has 0 saturated carbocycles. The van der Waals surface area contributed by atoms with E-state index < -0.39 is 5.97 Å². The number of nitrogens with zero attached hydrogens (tertiary/aromatic N) is 3. The molecular formula is C23H35N3O3. The second kappa shape index (κ2) is 9.72. The van der Waals surface area contributed by atoms with Crippen LogP contribution in [-0.4, -0.2) is 84.0 Å². The highest BCUT2D eigenvalue weighted by Gasteiger charge is 2.35. The van der Waals surface area contributed by atoms with Gasteiger partial charge < -0.3 is 14.9 Å². The molecule has 2 aliphatic rings. The predicted molar refractivity (Wildman–Crippen MR) is 114 cm³/mol. The van der Waals surface area contributed by atoms with Crippen molar-refractivity contribution < 1.29 is 14.7 Å². The Morgan fingerprint density at radius 1 is 1.10 bits per heavy atom. The Hall–Kier alpha value is -1.92. The largest absolute Gasteiger partial charge is 0.481 e. The fourth-order valence-electron chi connectivity index (χ4n) is 4.74. The lowest BCUT2D eigenvalue weighted by molar-refractivity contribution is -0.137. The van der Waals surface area contributed by atoms with E-state index in [2.05, 4.69) is 48.9 Å². The maximum absolute atomic E-state index is 13.0. The zero-order chi connectivity index (χ0) is 21.0. The van der Waals surface area contributed by atoms with Crippen molar-refractivity contribution in [3.63, 3.8) is 0 Å². The van der Waals surface area contributed by atoms with Crippen LogP contribution in [0.3, 0.4) is 0 Å². The number of benzene rings is 1. The van der Waals surface area contributed by atoms with Crippen molar-refractivity contribution >= 4 is 11.9 Å². The molecule has 1 N–H and O–H groups in total. The first-order valence-corrected chi connectivity index (χ1v) is 10.8. The molecule has 3 rings (SSSR count). The van der Waals surface area contributed by atoms with Crippen molar-refractivity contribution in [1.29, 1.82) is 0 Å². The molecule has 0 aliphatic carbocycles. The van der Waals surface area contributed by atoms with Gasteiger partial charge in [0.1, 0.15) is 0 Å². The molecule has 6 heteroatoms. The molecule has 2 aliphatic heterocycles. The Balaban J connectivity index is 1.66. The summed E-state index contributed by atoms with van der Waals surface area (Å²) in [4.78, 5) is 31.1. The van der Waals surface area contributed by atoms with Crippen LogP contribution in [0.5, 0.6) is 0 Å². The van der Waals surface area contributed by atoms with E-state index in [0.29, 0.717) is 25.4 Å². The first kappa shape index (κ1) is 21.8. The van der Waals surface area contributed by atoms with Gasteiger partial charge >= 0.3 is 5.97 Å². The lowest BCUT2D eigenvalue weighted by Gasteiger charge is -2.46. The number of carboxylic acid groups (broad SMARTS) is 1. The van der Waals surface area contributed by atoms with Gasteiger partial charge in [-0.15, -0.1) is 0 Å². The van der Waals surface area contributed by atoms with Crippen LogP contribution in [0, 0.1) is 19.8 Å². The van der Waals surface area contributed by atoms with E-state index in [1.54, 1.807) is 0 Å². The Labute approximate surface area is 174 Å². The maximum atomic E-state index is 13.0. The van der Waals surface area contributed by atoms with E-state index in [1.165, 1.54) is 5.56 Å². The van der Waals surface area contributed by atoms with E-state index in [4.69, 9.17) is 0 Å². The maximum Gasteiger partial charge on any atom is 0.303 e. The van der Waals surface area contributed by atoms with Gasteiger partial charge in [0.15, 0.2) is 0 Å². The summed E-state index contributed by atoms with van der Waals surface area (Å²) in [5.74, 6) is -0.359. The third kappa shape index (κ3) is 5.80. The van der Waals surface area contributed by atoms with Gasteiger partial charge in [0.2, 0.25) is 5.91 Å². The molecule has 1 aromatic carbocycles. The van der Waals surface area contributed by atoms with Gasteiger partial charge in [-0.25, -0.2) is 0 Å². The monoisotopic (exact) mass is 401 g/mol. The second-order valence-corrected chi connectivity index (χ2v) is 8.83. The lowest BCUT2D eigenvalue weighted by atomic mass is 9.86. The molecule has 6 nitrogen and oxygen atoms in total. The second-order valence-electron chi connectivity index (χ2n) is 8.83. The molecule has 1 amide bonds. The highest BCUT2D eigenvalue weighted by atomic mass is 16.4. The molecule has 2 atom stereocenters. The summed E-state index contributed by atoms with van der Waals surface area (Å²) in [6, 6.07) is 6.64. The van der Waals surface area contributed by atoms with Gasteiger partial charge in [-0.1, -0.05) is 23.8 Å². The van der Waals surface area contributed by atoms with Crippen molar-refractivity contribution in [1.82, 2.24) is 14.7 Å². The number of aliphatic carboxylic acids is 1. The summed E-state index contributed by atoms with van der Waals surface area (Å²) in [5, 5.41) is 9.20. The number of hydrogen-bond donors (Lipinski definition) is 1. The Kier molecular flexibility index (Phi) is 7.30. The zero-order valence-corrected chi connectivity index (χ0v) is 18.1. The fraction of sp³-hybridized carbons (Fsp3) is 0.652. The molecule has 2 saturated heterocycles. The SMILES string of the molecule is Cc1ccc(C)c(CC(=O)N2CC[C@@H](N3CCN(C)CC3)[C@@H](CCC(=O)O)C2)c1. The quantitative estimate of drug-likeness (QED) is 0.792. The number of carboxylic acids is 1. The molecule has 2 heterocycles. The molecule has 0 radical (unpaired) electrons. The van der Waals surface area contributed by atoms with Crippen LogP contribution in [0.25, 0.3) is 0 Å². The third-order valence-corrected chi connectivity index (χ3v) is 6.63. The number of piperazine rings is 1. The minimum atomic E-state index is -0.749. The standard InChI is InChI=1S/C23H35N3O3/c1-17-4-5-18(2)20(14-17)15-22(27)26-9-8-21(19(16-26)6-7-23(28)29)25-12-10-24(3)11-13-25/h4-5,14,19,21H,6-13,15-16H2,1-3H3,(H,28,29)/t19-,21+/m0/s1. The van der Waals surface area contributed by atoms with Crippen molar-refractivity contribution in [2.45, 2.75) is 45.6 Å². The summed E-state index contributed by atoms with van der Waals surface area (Å²) in [6.07, 6.45) is 2.18. The minimum Gasteiger partial charge on any atom is -0.481 e. The number of likely N-dealkylation sites (tertiary alicyclic amines) is 1. The first-order valence-electron chi connectivity index (χ1n) is 10.8. The van der Waals surface area contributed by atoms with Gasteiger partial charge in [0.05, 0.1) is 6.42 Å². The summed E-state index contributed by atoms with van der Waals surface area (Å²) < 4.78 is 0. The highest BCUT2D eigenvalue weighted by molar-refractivity contribution is 5.79. The van der Waals surface area contributed by atoms with E-state index in [1.807, 2.05) is 4.90 Å². The fourth-order valence-corrected chi connectivity index (χ4v) is 4.74. The molecule has 0 bridgehead atoms. The van der Waals surface area contributed by atoms with E-state index in [-0.39, 0.29) is 18.2 Å². The molecular weight excluding hydrogens is 366 g/mol. The van der Waals surface area contributed by atoms with Crippen molar-refractivity contribution in [3.05, 3.63) is 34.9 Å². The van der Waals surface area contributed by atoms with Crippen LogP contribution in [0.15, 0.2) is 18.2 Å². The van der Waals surface area contributed by atoms with Crippen molar-refractivity contribution in [2.75, 3.05) is 46.3 Å². The number of likely N-dealkylation sites (N-methyl/N-ethyl adjacent to an activating group) is 1. The number of piperidine rings is 1. The van der Waals surface area contributed by atoms with Crippen LogP contribution in [-0.2, 0) is 16.0 Å². The average molecular weight is 402 g/mol. The first-order chi connectivity index (χ1) is 13.8. The van der Waals surface area contributed by atoms with Crippen LogP contribution < -0.4 is 0 Å². The topological polar surface area (TPSA) is 64.1 Å². The Morgan fingerprint density at radius 2 is 1.83 bits per heavy atom. The average Bonchev–Trinajstić information content (AvgIpc) is 2.69. The lowest BCUT2D eigenvalue weighted by Crippen LogP contribution is -2.57. The smallest absolute Gasteiger partial charge is 0.303 e. The van der Waals surface area contributed by atoms with Crippen molar-refractivity contribution in [3.8, 4) is 0 Å². The summed E-state index contributed by atoms with van der Waals surface area (Å²) >= 11 is 0. The van der Waals surface area contributed by atoms with Gasteiger partial charge in [-0.3, -0.25) is 14.5 Å². The summed E-state index contributed by atoms with van der Waals surface area (Å²) in [6.45, 7) is 9.71. The van der Waals surface area contributed by atoms with Gasteiger partial charge in [0, 0.05) is 51.7 Å². The van der Waals surface area contributed by atoms with E-state index in [9.17, 15) is 14.7 Å². The zero-order valence-electron chi connectivity index (χ0n) is 18.1. The van der Waals surface area contributed by atoms with Crippen molar-refractivity contribution in [2.24, 2.45) is 5.92 Å². The number of rotatable bonds is 6. The molecule has 160 valence electrons. The molecule has 0 unspecified atom stereocenters. The van der Waals surface area contributed by atoms with Crippen LogP contribution in [0.1, 0.15) is 36.0 Å². The predicted octanol–water partition coefficient (Wildman–Crippen LogP) is 2.18. The van der Waals surface area contributed by atoms with Crippen LogP contribution in [0.4, 0.5) is 0 Å². The molecule has 0 aromatic heterocycles. The Bertz CT molecular complexity index is 728. The summed E-state index contributed by atoms with van der Waals surface area (Å²) in [5.41, 5.74) is 3.42. The molecule has 29 heavy (non-hydrogen) atoms. The summed E-state index contributed by atoms with van der Waals surface area (Å²) in [7, 11) is 2.15. The van der Waals surface area contributed by atoms with Crippen LogP contribution in [0.2, 0.25) is 0 Å². The molecule has 2 fully saturated rings. The minimum absolute atomic E-state index is 0.163. The number of carbonyl (C=O) groups excluding carboxylic acids is 1. The highest BCUT2D eigenvalue weighted by Crippen LogP contribution is 2.28. The van der Waals surface area contributed by atoms with E-state index in [0.717, 1.165) is 50.3 Å². The Morgan fingerprint density at radius 3 is 2.52 bits per heavy atom. The van der Waals surface area contributed by atoms with Gasteiger partial charge in [-0.2, -0.15) is 0 Å². The number of carbonyl (C=O) groups is 2. The number of hydrogen-bond acceptors (Lipinski definition) is 4.